The fraction of sp³-hybridized carbons (Fsp3) is 0.529. The van der Waals surface area contributed by atoms with Crippen molar-refractivity contribution < 1.29 is 4.74 Å². The quantitative estimate of drug-likeness (QED) is 0.654. The van der Waals surface area contributed by atoms with Crippen LogP contribution in [0.5, 0.6) is 5.75 Å². The maximum absolute atomic E-state index is 8.73. The summed E-state index contributed by atoms with van der Waals surface area (Å²) >= 11 is 0. The van der Waals surface area contributed by atoms with E-state index in [1.165, 1.54) is 0 Å². The SMILES string of the molecule is CC(C)CN(CCC#N)CCCOc1ccc(C#N)cc1. The topological polar surface area (TPSA) is 60.1 Å². The Morgan fingerprint density at radius 1 is 1.14 bits per heavy atom. The predicted octanol–water partition coefficient (Wildman–Crippen LogP) is 3.20. The summed E-state index contributed by atoms with van der Waals surface area (Å²) in [4.78, 5) is 2.32. The largest absolute Gasteiger partial charge is 0.494 e. The van der Waals surface area contributed by atoms with Crippen LogP contribution in [0.2, 0.25) is 0 Å². The van der Waals surface area contributed by atoms with E-state index in [4.69, 9.17) is 15.3 Å². The fourth-order valence-electron chi connectivity index (χ4n) is 2.12. The molecule has 0 fully saturated rings. The third-order valence-corrected chi connectivity index (χ3v) is 3.03. The van der Waals surface area contributed by atoms with Gasteiger partial charge in [-0.25, -0.2) is 0 Å². The van der Waals surface area contributed by atoms with E-state index in [0.717, 1.165) is 31.8 Å². The molecule has 1 aromatic rings. The molecule has 0 unspecified atom stereocenters. The minimum atomic E-state index is 0.573. The van der Waals surface area contributed by atoms with E-state index >= 15 is 0 Å². The van der Waals surface area contributed by atoms with Gasteiger partial charge in [-0.05, 0) is 36.6 Å². The van der Waals surface area contributed by atoms with Gasteiger partial charge >= 0.3 is 0 Å². The van der Waals surface area contributed by atoms with Gasteiger partial charge in [-0.3, -0.25) is 0 Å². The van der Waals surface area contributed by atoms with Crippen molar-refractivity contribution in [3.8, 4) is 17.9 Å². The zero-order valence-electron chi connectivity index (χ0n) is 12.9. The summed E-state index contributed by atoms with van der Waals surface area (Å²) in [7, 11) is 0. The first-order valence-electron chi connectivity index (χ1n) is 7.38. The molecule has 0 saturated carbocycles. The molecule has 112 valence electrons. The first-order chi connectivity index (χ1) is 10.2. The van der Waals surface area contributed by atoms with Crippen LogP contribution in [0.15, 0.2) is 24.3 Å². The Hall–Kier alpha value is -2.04. The maximum Gasteiger partial charge on any atom is 0.119 e. The van der Waals surface area contributed by atoms with Gasteiger partial charge in [0.1, 0.15) is 5.75 Å². The molecular formula is C17H23N3O. The van der Waals surface area contributed by atoms with Crippen LogP contribution in [0.25, 0.3) is 0 Å². The summed E-state index contributed by atoms with van der Waals surface area (Å²) in [5, 5.41) is 17.4. The van der Waals surface area contributed by atoms with Crippen molar-refractivity contribution in [3.63, 3.8) is 0 Å². The molecule has 4 nitrogen and oxygen atoms in total. The number of nitrogens with zero attached hydrogens (tertiary/aromatic N) is 3. The van der Waals surface area contributed by atoms with Gasteiger partial charge in [0.2, 0.25) is 0 Å². The van der Waals surface area contributed by atoms with Crippen molar-refractivity contribution in [2.45, 2.75) is 26.7 Å². The minimum Gasteiger partial charge on any atom is -0.494 e. The minimum absolute atomic E-state index is 0.573. The second kappa shape index (κ2) is 9.80. The van der Waals surface area contributed by atoms with Crippen LogP contribution in [-0.4, -0.2) is 31.1 Å². The van der Waals surface area contributed by atoms with Crippen LogP contribution >= 0.6 is 0 Å². The molecule has 0 heterocycles. The number of hydrogen-bond donors (Lipinski definition) is 0. The monoisotopic (exact) mass is 285 g/mol. The van der Waals surface area contributed by atoms with Gasteiger partial charge in [-0.2, -0.15) is 10.5 Å². The Bertz CT molecular complexity index is 482. The lowest BCUT2D eigenvalue weighted by molar-refractivity contribution is 0.219. The second-order valence-electron chi connectivity index (χ2n) is 5.44. The molecule has 0 aliphatic heterocycles. The number of nitriles is 2. The smallest absolute Gasteiger partial charge is 0.119 e. The normalized spacial score (nSPS) is 10.4. The molecule has 4 heteroatoms. The summed E-state index contributed by atoms with van der Waals surface area (Å²) in [5.74, 6) is 1.39. The summed E-state index contributed by atoms with van der Waals surface area (Å²) < 4.78 is 5.66. The van der Waals surface area contributed by atoms with Crippen molar-refractivity contribution in [2.75, 3.05) is 26.2 Å². The predicted molar refractivity (Wildman–Crippen MR) is 82.8 cm³/mol. The van der Waals surface area contributed by atoms with Gasteiger partial charge < -0.3 is 9.64 Å². The van der Waals surface area contributed by atoms with Gasteiger partial charge in [0.15, 0.2) is 0 Å². The average molecular weight is 285 g/mol. The van der Waals surface area contributed by atoms with Crippen LogP contribution in [0.1, 0.15) is 32.3 Å². The van der Waals surface area contributed by atoms with E-state index in [0.29, 0.717) is 24.5 Å². The third-order valence-electron chi connectivity index (χ3n) is 3.03. The number of ether oxygens (including phenoxy) is 1. The molecule has 0 saturated heterocycles. The van der Waals surface area contributed by atoms with Gasteiger partial charge in [0.05, 0.1) is 24.3 Å². The summed E-state index contributed by atoms with van der Waals surface area (Å²) in [6, 6.07) is 11.4. The van der Waals surface area contributed by atoms with Gasteiger partial charge in [0, 0.05) is 26.1 Å². The molecule has 0 N–H and O–H groups in total. The van der Waals surface area contributed by atoms with Crippen LogP contribution in [0.3, 0.4) is 0 Å². The van der Waals surface area contributed by atoms with Crippen molar-refractivity contribution in [2.24, 2.45) is 5.92 Å². The maximum atomic E-state index is 8.73. The summed E-state index contributed by atoms with van der Waals surface area (Å²) in [6.45, 7) is 7.80. The van der Waals surface area contributed by atoms with E-state index in [1.807, 2.05) is 12.1 Å². The molecule has 0 amide bonds. The van der Waals surface area contributed by atoms with Crippen molar-refractivity contribution in [1.82, 2.24) is 4.90 Å². The molecule has 0 radical (unpaired) electrons. The first-order valence-corrected chi connectivity index (χ1v) is 7.38. The Balaban J connectivity index is 2.29. The van der Waals surface area contributed by atoms with E-state index in [1.54, 1.807) is 12.1 Å². The Labute approximate surface area is 127 Å². The van der Waals surface area contributed by atoms with Crippen molar-refractivity contribution in [3.05, 3.63) is 29.8 Å². The highest BCUT2D eigenvalue weighted by molar-refractivity contribution is 5.34. The van der Waals surface area contributed by atoms with Gasteiger partial charge in [0.25, 0.3) is 0 Å². The molecule has 21 heavy (non-hydrogen) atoms. The molecule has 0 aliphatic rings. The molecule has 1 aromatic carbocycles. The van der Waals surface area contributed by atoms with E-state index in [-0.39, 0.29) is 0 Å². The molecular weight excluding hydrogens is 262 g/mol. The van der Waals surface area contributed by atoms with Crippen LogP contribution in [-0.2, 0) is 0 Å². The van der Waals surface area contributed by atoms with E-state index < -0.39 is 0 Å². The zero-order valence-corrected chi connectivity index (χ0v) is 12.9. The summed E-state index contributed by atoms with van der Waals surface area (Å²) in [6.07, 6.45) is 1.50. The molecule has 0 spiro atoms. The van der Waals surface area contributed by atoms with Crippen molar-refractivity contribution >= 4 is 0 Å². The van der Waals surface area contributed by atoms with Gasteiger partial charge in [-0.1, -0.05) is 13.8 Å². The number of hydrogen-bond acceptors (Lipinski definition) is 4. The Kier molecular flexibility index (Phi) is 7.94. The van der Waals surface area contributed by atoms with Crippen molar-refractivity contribution in [1.29, 1.82) is 10.5 Å². The third kappa shape index (κ3) is 7.34. The Morgan fingerprint density at radius 3 is 2.43 bits per heavy atom. The van der Waals surface area contributed by atoms with Crippen LogP contribution in [0.4, 0.5) is 0 Å². The van der Waals surface area contributed by atoms with Crippen LogP contribution in [0, 0.1) is 28.6 Å². The molecule has 0 atom stereocenters. The van der Waals surface area contributed by atoms with Gasteiger partial charge in [-0.15, -0.1) is 0 Å². The molecule has 0 aliphatic carbocycles. The van der Waals surface area contributed by atoms with E-state index in [9.17, 15) is 0 Å². The lowest BCUT2D eigenvalue weighted by Gasteiger charge is -2.23. The first kappa shape index (κ1) is 17.0. The number of rotatable bonds is 9. The highest BCUT2D eigenvalue weighted by Crippen LogP contribution is 2.12. The molecule has 0 bridgehead atoms. The number of benzene rings is 1. The van der Waals surface area contributed by atoms with Crippen LogP contribution < -0.4 is 4.74 Å². The lowest BCUT2D eigenvalue weighted by atomic mass is 10.2. The molecule has 1 rings (SSSR count). The Morgan fingerprint density at radius 2 is 1.86 bits per heavy atom. The summed E-state index contributed by atoms with van der Waals surface area (Å²) in [5.41, 5.74) is 0.641. The van der Waals surface area contributed by atoms with E-state index in [2.05, 4.69) is 30.9 Å². The second-order valence-corrected chi connectivity index (χ2v) is 5.44. The standard InChI is InChI=1S/C17H23N3O/c1-15(2)14-20(10-3-9-18)11-4-12-21-17-7-5-16(13-19)6-8-17/h5-8,15H,3-4,10-12,14H2,1-2H3. The highest BCUT2D eigenvalue weighted by Gasteiger charge is 2.06. The highest BCUT2D eigenvalue weighted by atomic mass is 16.5. The fourth-order valence-corrected chi connectivity index (χ4v) is 2.12. The zero-order chi connectivity index (χ0) is 15.5. The molecule has 0 aromatic heterocycles. The average Bonchev–Trinajstić information content (AvgIpc) is 2.49. The lowest BCUT2D eigenvalue weighted by Crippen LogP contribution is -2.30.